The average Bonchev–Trinajstić information content (AvgIpc) is 3.54. The van der Waals surface area contributed by atoms with Crippen molar-refractivity contribution in [3.05, 3.63) is 110 Å². The maximum absolute atomic E-state index is 13.6. The molecule has 0 aliphatic carbocycles. The van der Waals surface area contributed by atoms with E-state index in [4.69, 9.17) is 14.5 Å². The number of hydrogen-bond acceptors (Lipinski definition) is 5. The third-order valence-electron chi connectivity index (χ3n) is 5.90. The standard InChI is InChI=1S/C27H24FN5O2S/c1-17-10-15-24(35-17)18(2)30-32-23(20-11-13-21(28)14-12-20)16-36-27(32)29-25-19(3)31(4)33(26(25)34)22-8-6-5-7-9-22/h5-16H,1-4H3. The van der Waals surface area contributed by atoms with Crippen LogP contribution >= 0.6 is 11.3 Å². The molecule has 0 spiro atoms. The van der Waals surface area contributed by atoms with Gasteiger partial charge in [-0.15, -0.1) is 11.3 Å². The molecule has 0 unspecified atom stereocenters. The molecule has 0 aliphatic heterocycles. The first-order valence-electron chi connectivity index (χ1n) is 11.3. The van der Waals surface area contributed by atoms with Gasteiger partial charge < -0.3 is 4.42 Å². The Morgan fingerprint density at radius 2 is 1.72 bits per heavy atom. The van der Waals surface area contributed by atoms with Gasteiger partial charge in [-0.3, -0.25) is 9.48 Å². The molecule has 0 atom stereocenters. The van der Waals surface area contributed by atoms with Crippen LogP contribution in [0, 0.1) is 19.7 Å². The maximum atomic E-state index is 13.6. The summed E-state index contributed by atoms with van der Waals surface area (Å²) in [5.41, 5.74) is 3.69. The maximum Gasteiger partial charge on any atom is 0.297 e. The third-order valence-corrected chi connectivity index (χ3v) is 6.72. The van der Waals surface area contributed by atoms with Crippen molar-refractivity contribution in [1.82, 2.24) is 14.0 Å². The summed E-state index contributed by atoms with van der Waals surface area (Å²) in [5, 5.41) is 6.68. The van der Waals surface area contributed by atoms with Gasteiger partial charge in [0.25, 0.3) is 5.56 Å². The number of hydrogen-bond donors (Lipinski definition) is 0. The van der Waals surface area contributed by atoms with Crippen molar-refractivity contribution in [2.45, 2.75) is 20.8 Å². The number of halogens is 1. The lowest BCUT2D eigenvalue weighted by Gasteiger charge is -2.07. The third kappa shape index (κ3) is 4.29. The molecule has 0 radical (unpaired) electrons. The van der Waals surface area contributed by atoms with E-state index in [1.54, 1.807) is 26.2 Å². The zero-order valence-corrected chi connectivity index (χ0v) is 21.1. The van der Waals surface area contributed by atoms with E-state index in [0.29, 0.717) is 22.0 Å². The normalized spacial score (nSPS) is 12.5. The van der Waals surface area contributed by atoms with Crippen LogP contribution in [-0.4, -0.2) is 19.8 Å². The number of thiazole rings is 1. The zero-order chi connectivity index (χ0) is 25.4. The Kier molecular flexibility index (Phi) is 6.15. The summed E-state index contributed by atoms with van der Waals surface area (Å²) in [7, 11) is 1.83. The van der Waals surface area contributed by atoms with Gasteiger partial charge in [-0.25, -0.2) is 18.7 Å². The smallest absolute Gasteiger partial charge is 0.297 e. The van der Waals surface area contributed by atoms with Gasteiger partial charge in [0.15, 0.2) is 5.69 Å². The highest BCUT2D eigenvalue weighted by molar-refractivity contribution is 7.07. The molecule has 0 N–H and O–H groups in total. The molecule has 0 amide bonds. The van der Waals surface area contributed by atoms with Gasteiger partial charge in [0, 0.05) is 18.0 Å². The lowest BCUT2D eigenvalue weighted by atomic mass is 10.2. The quantitative estimate of drug-likeness (QED) is 0.296. The summed E-state index contributed by atoms with van der Waals surface area (Å²) < 4.78 is 24.4. The van der Waals surface area contributed by atoms with E-state index in [2.05, 4.69) is 0 Å². The van der Waals surface area contributed by atoms with E-state index in [1.165, 1.54) is 23.5 Å². The zero-order valence-electron chi connectivity index (χ0n) is 20.3. The molecule has 36 heavy (non-hydrogen) atoms. The van der Waals surface area contributed by atoms with E-state index >= 15 is 0 Å². The molecule has 9 heteroatoms. The summed E-state index contributed by atoms with van der Waals surface area (Å²) in [5.74, 6) is 1.09. The molecule has 3 heterocycles. The molecule has 0 saturated heterocycles. The van der Waals surface area contributed by atoms with Gasteiger partial charge in [0.05, 0.1) is 17.1 Å². The minimum atomic E-state index is -0.322. The minimum absolute atomic E-state index is 0.230. The summed E-state index contributed by atoms with van der Waals surface area (Å²) in [6, 6.07) is 19.3. The molecule has 5 aromatic rings. The van der Waals surface area contributed by atoms with E-state index in [9.17, 15) is 9.18 Å². The van der Waals surface area contributed by atoms with Gasteiger partial charge in [-0.1, -0.05) is 18.2 Å². The Morgan fingerprint density at radius 3 is 2.39 bits per heavy atom. The van der Waals surface area contributed by atoms with Crippen molar-refractivity contribution in [3.8, 4) is 16.9 Å². The average molecular weight is 502 g/mol. The molecule has 3 aromatic heterocycles. The predicted octanol–water partition coefficient (Wildman–Crippen LogP) is 5.56. The van der Waals surface area contributed by atoms with Crippen LogP contribution in [0.1, 0.15) is 24.1 Å². The van der Waals surface area contributed by atoms with E-state index in [0.717, 1.165) is 28.4 Å². The van der Waals surface area contributed by atoms with Crippen LogP contribution in [0.5, 0.6) is 0 Å². The highest BCUT2D eigenvalue weighted by Crippen LogP contribution is 2.23. The Balaban J connectivity index is 1.72. The first kappa shape index (κ1) is 23.5. The molecule has 2 aromatic carbocycles. The highest BCUT2D eigenvalue weighted by Gasteiger charge is 2.17. The van der Waals surface area contributed by atoms with Crippen LogP contribution < -0.4 is 10.4 Å². The SMILES string of the molecule is CC(=Nn1c(-c2ccc(F)cc2)csc1=Nc1c(C)n(C)n(-c2ccccc2)c1=O)c1ccc(C)o1. The number of benzene rings is 2. The first-order chi connectivity index (χ1) is 17.3. The van der Waals surface area contributed by atoms with Crippen molar-refractivity contribution in [3.63, 3.8) is 0 Å². The largest absolute Gasteiger partial charge is 0.460 e. The second kappa shape index (κ2) is 9.43. The molecule has 0 saturated carbocycles. The molecule has 0 bridgehead atoms. The summed E-state index contributed by atoms with van der Waals surface area (Å²) in [6.45, 7) is 5.57. The fourth-order valence-corrected chi connectivity index (χ4v) is 4.74. The monoisotopic (exact) mass is 501 g/mol. The van der Waals surface area contributed by atoms with Crippen molar-refractivity contribution in [2.75, 3.05) is 0 Å². The summed E-state index contributed by atoms with van der Waals surface area (Å²) >= 11 is 1.35. The molecule has 5 rings (SSSR count). The van der Waals surface area contributed by atoms with Crippen molar-refractivity contribution < 1.29 is 8.81 Å². The van der Waals surface area contributed by atoms with Gasteiger partial charge in [0.2, 0.25) is 4.80 Å². The van der Waals surface area contributed by atoms with Crippen molar-refractivity contribution in [1.29, 1.82) is 0 Å². The Morgan fingerprint density at radius 1 is 1.00 bits per heavy atom. The fraction of sp³-hybridized carbons (Fsp3) is 0.148. The van der Waals surface area contributed by atoms with E-state index in [1.807, 2.05) is 75.7 Å². The van der Waals surface area contributed by atoms with Crippen LogP contribution in [0.4, 0.5) is 10.1 Å². The molecular weight excluding hydrogens is 477 g/mol. The number of furan rings is 1. The predicted molar refractivity (Wildman–Crippen MR) is 140 cm³/mol. The van der Waals surface area contributed by atoms with Crippen LogP contribution in [0.25, 0.3) is 16.9 Å². The second-order valence-electron chi connectivity index (χ2n) is 8.34. The van der Waals surface area contributed by atoms with Crippen LogP contribution in [0.2, 0.25) is 0 Å². The highest BCUT2D eigenvalue weighted by atomic mass is 32.1. The van der Waals surface area contributed by atoms with Crippen molar-refractivity contribution >= 4 is 22.7 Å². The number of rotatable bonds is 5. The van der Waals surface area contributed by atoms with E-state index in [-0.39, 0.29) is 11.4 Å². The fourth-order valence-electron chi connectivity index (χ4n) is 3.90. The van der Waals surface area contributed by atoms with Gasteiger partial charge >= 0.3 is 0 Å². The number of aryl methyl sites for hydroxylation is 1. The Bertz CT molecular complexity index is 1700. The first-order valence-corrected chi connectivity index (χ1v) is 12.2. The molecule has 182 valence electrons. The lowest BCUT2D eigenvalue weighted by molar-refractivity contribution is 0.524. The van der Waals surface area contributed by atoms with Crippen LogP contribution in [0.15, 0.2) is 91.4 Å². The van der Waals surface area contributed by atoms with Crippen molar-refractivity contribution in [2.24, 2.45) is 17.1 Å². The van der Waals surface area contributed by atoms with Gasteiger partial charge in [-0.2, -0.15) is 5.10 Å². The molecule has 7 nitrogen and oxygen atoms in total. The van der Waals surface area contributed by atoms with Gasteiger partial charge in [-0.05, 0) is 69.3 Å². The lowest BCUT2D eigenvalue weighted by Crippen LogP contribution is -2.20. The Labute approximate surface area is 210 Å². The topological polar surface area (TPSA) is 69.7 Å². The van der Waals surface area contributed by atoms with E-state index < -0.39 is 0 Å². The molecule has 0 fully saturated rings. The molecular formula is C27H24FN5O2S. The summed E-state index contributed by atoms with van der Waals surface area (Å²) in [6.07, 6.45) is 0. The minimum Gasteiger partial charge on any atom is -0.460 e. The summed E-state index contributed by atoms with van der Waals surface area (Å²) in [4.78, 5) is 18.7. The number of aromatic nitrogens is 3. The molecule has 0 aliphatic rings. The Hall–Kier alpha value is -4.24. The van der Waals surface area contributed by atoms with Crippen LogP contribution in [0.3, 0.4) is 0 Å². The number of para-hydroxylation sites is 1. The number of nitrogens with zero attached hydrogens (tertiary/aromatic N) is 5. The van der Waals surface area contributed by atoms with Gasteiger partial charge in [0.1, 0.15) is 23.0 Å². The van der Waals surface area contributed by atoms with Crippen LogP contribution in [-0.2, 0) is 7.05 Å². The second-order valence-corrected chi connectivity index (χ2v) is 9.18.